The number of nitrogens with zero attached hydrogens (tertiary/aromatic N) is 2. The summed E-state index contributed by atoms with van der Waals surface area (Å²) in [5, 5.41) is 2.74. The molecule has 0 aromatic heterocycles. The number of benzene rings is 3. The molecule has 2 aliphatic heterocycles. The quantitative estimate of drug-likeness (QED) is 0.602. The fraction of sp³-hybridized carbons (Fsp3) is 0.200. The maximum Gasteiger partial charge on any atom is 0.414 e. The molecule has 2 heterocycles. The van der Waals surface area contributed by atoms with E-state index in [0.717, 1.165) is 21.0 Å². The van der Waals surface area contributed by atoms with Crippen LogP contribution in [0.5, 0.6) is 0 Å². The normalized spacial score (nSPS) is 17.4. The summed E-state index contributed by atoms with van der Waals surface area (Å²) in [5.41, 5.74) is 3.06. The lowest BCUT2D eigenvalue weighted by Gasteiger charge is -2.18. The van der Waals surface area contributed by atoms with Crippen molar-refractivity contribution in [2.45, 2.75) is 24.0 Å². The highest BCUT2D eigenvalue weighted by molar-refractivity contribution is 7.89. The van der Waals surface area contributed by atoms with Gasteiger partial charge in [-0.15, -0.1) is 0 Å². The van der Waals surface area contributed by atoms with E-state index in [1.807, 2.05) is 60.7 Å². The van der Waals surface area contributed by atoms with Gasteiger partial charge in [0.2, 0.25) is 0 Å². The van der Waals surface area contributed by atoms with Crippen LogP contribution in [0.4, 0.5) is 15.3 Å². The molecule has 0 bridgehead atoms. The summed E-state index contributed by atoms with van der Waals surface area (Å²) in [7, 11) is -4.05. The Bertz CT molecular complexity index is 1330. The average molecular weight is 478 g/mol. The molecule has 5 rings (SSSR count). The third-order valence-corrected chi connectivity index (χ3v) is 7.78. The Kier molecular flexibility index (Phi) is 5.70. The number of nitrogens with one attached hydrogen (secondary N) is 1. The van der Waals surface area contributed by atoms with Gasteiger partial charge in [0.15, 0.2) is 0 Å². The molecule has 3 aromatic carbocycles. The minimum atomic E-state index is -4.05. The van der Waals surface area contributed by atoms with E-state index in [9.17, 15) is 18.0 Å². The zero-order valence-electron chi connectivity index (χ0n) is 18.3. The summed E-state index contributed by atoms with van der Waals surface area (Å²) >= 11 is 0. The van der Waals surface area contributed by atoms with Gasteiger partial charge in [-0.05, 0) is 41.3 Å². The van der Waals surface area contributed by atoms with Crippen molar-refractivity contribution in [1.29, 1.82) is 0 Å². The molecule has 8 nitrogen and oxygen atoms in total. The molecule has 3 aromatic rings. The molecule has 1 fully saturated rings. The van der Waals surface area contributed by atoms with Gasteiger partial charge in [0.05, 0.1) is 23.2 Å². The van der Waals surface area contributed by atoms with Crippen LogP contribution in [-0.4, -0.2) is 37.9 Å². The number of sulfonamides is 1. The number of urea groups is 1. The number of amides is 3. The van der Waals surface area contributed by atoms with E-state index >= 15 is 0 Å². The summed E-state index contributed by atoms with van der Waals surface area (Å²) in [4.78, 5) is 26.6. The van der Waals surface area contributed by atoms with Crippen LogP contribution in [0.15, 0.2) is 83.8 Å². The van der Waals surface area contributed by atoms with Crippen molar-refractivity contribution in [3.8, 4) is 0 Å². The fourth-order valence-electron chi connectivity index (χ4n) is 4.25. The van der Waals surface area contributed by atoms with E-state index in [1.165, 1.54) is 17.0 Å². The van der Waals surface area contributed by atoms with Crippen molar-refractivity contribution in [3.63, 3.8) is 0 Å². The van der Waals surface area contributed by atoms with Gasteiger partial charge in [-0.1, -0.05) is 60.7 Å². The standard InChI is InChI=1S/C25H23N3O5S/c29-24-26-22(19-9-5-2-6-10-19)16-28(24)34(31,32)21-11-12-23-20(15-21)13-14-27(23)25(30)33-17-18-7-3-1-4-8-18/h1-12,15,22H,13-14,16-17H2,(H,26,29)/t22-/m1/s1. The zero-order valence-corrected chi connectivity index (χ0v) is 19.1. The Morgan fingerprint density at radius 2 is 1.71 bits per heavy atom. The molecule has 34 heavy (non-hydrogen) atoms. The molecule has 174 valence electrons. The Hall–Kier alpha value is -3.85. The smallest absolute Gasteiger partial charge is 0.414 e. The second-order valence-corrected chi connectivity index (χ2v) is 10.0. The molecule has 3 amide bonds. The number of fused-ring (bicyclic) bond motifs is 1. The van der Waals surface area contributed by atoms with Crippen LogP contribution in [0.25, 0.3) is 0 Å². The molecule has 0 saturated carbocycles. The van der Waals surface area contributed by atoms with Crippen LogP contribution in [0.1, 0.15) is 22.7 Å². The van der Waals surface area contributed by atoms with Crippen molar-refractivity contribution in [3.05, 3.63) is 95.6 Å². The van der Waals surface area contributed by atoms with E-state index in [2.05, 4.69) is 5.32 Å². The molecule has 1 saturated heterocycles. The van der Waals surface area contributed by atoms with Gasteiger partial charge in [0, 0.05) is 6.54 Å². The molecule has 0 aliphatic carbocycles. The SMILES string of the molecule is O=C(OCc1ccccc1)N1CCc2cc(S(=O)(=O)N3C[C@H](c4ccccc4)NC3=O)ccc21. The minimum Gasteiger partial charge on any atom is -0.444 e. The van der Waals surface area contributed by atoms with E-state index in [-0.39, 0.29) is 18.0 Å². The summed E-state index contributed by atoms with van der Waals surface area (Å²) in [6, 6.07) is 22.1. The number of hydrogen-bond donors (Lipinski definition) is 1. The second-order valence-electron chi connectivity index (χ2n) is 8.18. The minimum absolute atomic E-state index is 0.0141. The van der Waals surface area contributed by atoms with Gasteiger partial charge in [-0.25, -0.2) is 22.3 Å². The third kappa shape index (κ3) is 4.10. The monoisotopic (exact) mass is 477 g/mol. The zero-order chi connectivity index (χ0) is 23.7. The van der Waals surface area contributed by atoms with Gasteiger partial charge in [-0.3, -0.25) is 4.90 Å². The van der Waals surface area contributed by atoms with E-state index in [1.54, 1.807) is 6.07 Å². The second kappa shape index (κ2) is 8.83. The van der Waals surface area contributed by atoms with Crippen molar-refractivity contribution in [1.82, 2.24) is 9.62 Å². The van der Waals surface area contributed by atoms with Crippen LogP contribution in [0, 0.1) is 0 Å². The van der Waals surface area contributed by atoms with Gasteiger partial charge in [0.25, 0.3) is 10.0 Å². The Morgan fingerprint density at radius 3 is 2.44 bits per heavy atom. The molecule has 0 radical (unpaired) electrons. The summed E-state index contributed by atoms with van der Waals surface area (Å²) < 4.78 is 32.8. The number of rotatable bonds is 5. The van der Waals surface area contributed by atoms with E-state index in [4.69, 9.17) is 4.74 Å². The molecular formula is C25H23N3O5S. The lowest BCUT2D eigenvalue weighted by atomic mass is 10.1. The molecule has 1 atom stereocenters. The van der Waals surface area contributed by atoms with Crippen LogP contribution >= 0.6 is 0 Å². The Labute approximate surface area is 197 Å². The third-order valence-electron chi connectivity index (χ3n) is 6.03. The van der Waals surface area contributed by atoms with Crippen LogP contribution in [0.2, 0.25) is 0 Å². The molecule has 0 unspecified atom stereocenters. The largest absolute Gasteiger partial charge is 0.444 e. The van der Waals surface area contributed by atoms with E-state index in [0.29, 0.717) is 18.7 Å². The lowest BCUT2D eigenvalue weighted by Crippen LogP contribution is -2.34. The van der Waals surface area contributed by atoms with Crippen molar-refractivity contribution < 1.29 is 22.7 Å². The van der Waals surface area contributed by atoms with Gasteiger partial charge in [-0.2, -0.15) is 0 Å². The molecule has 9 heteroatoms. The predicted molar refractivity (Wildman–Crippen MR) is 126 cm³/mol. The first-order chi connectivity index (χ1) is 16.4. The highest BCUT2D eigenvalue weighted by Crippen LogP contribution is 2.33. The first kappa shape index (κ1) is 22.0. The highest BCUT2D eigenvalue weighted by Gasteiger charge is 2.39. The first-order valence-corrected chi connectivity index (χ1v) is 12.4. The van der Waals surface area contributed by atoms with E-state index < -0.39 is 28.2 Å². The summed E-state index contributed by atoms with van der Waals surface area (Å²) in [6.07, 6.45) is 0.0145. The van der Waals surface area contributed by atoms with Crippen LogP contribution in [0.3, 0.4) is 0 Å². The Balaban J connectivity index is 1.31. The summed E-state index contributed by atoms with van der Waals surface area (Å²) in [5.74, 6) is 0. The highest BCUT2D eigenvalue weighted by atomic mass is 32.2. The maximum absolute atomic E-state index is 13.3. The van der Waals surface area contributed by atoms with Crippen molar-refractivity contribution in [2.75, 3.05) is 18.0 Å². The molecular weight excluding hydrogens is 454 g/mol. The lowest BCUT2D eigenvalue weighted by molar-refractivity contribution is 0.147. The molecule has 0 spiro atoms. The predicted octanol–water partition coefficient (Wildman–Crippen LogP) is 3.84. The molecule has 2 aliphatic rings. The van der Waals surface area contributed by atoms with Crippen LogP contribution < -0.4 is 10.2 Å². The number of carbonyl (C=O) groups excluding carboxylic acids is 2. The number of anilines is 1. The number of ether oxygens (including phenoxy) is 1. The summed E-state index contributed by atoms with van der Waals surface area (Å²) in [6.45, 7) is 0.567. The number of carbonyl (C=O) groups is 2. The van der Waals surface area contributed by atoms with Crippen LogP contribution in [-0.2, 0) is 27.8 Å². The fourth-order valence-corrected chi connectivity index (χ4v) is 5.65. The van der Waals surface area contributed by atoms with Crippen molar-refractivity contribution in [2.24, 2.45) is 0 Å². The van der Waals surface area contributed by atoms with Gasteiger partial charge < -0.3 is 10.1 Å². The Morgan fingerprint density at radius 1 is 1.00 bits per heavy atom. The first-order valence-electron chi connectivity index (χ1n) is 10.9. The van der Waals surface area contributed by atoms with Crippen molar-refractivity contribution >= 4 is 27.8 Å². The van der Waals surface area contributed by atoms with Gasteiger partial charge >= 0.3 is 12.1 Å². The maximum atomic E-state index is 13.3. The van der Waals surface area contributed by atoms with Gasteiger partial charge in [0.1, 0.15) is 6.61 Å². The average Bonchev–Trinajstić information content (AvgIpc) is 3.47. The molecule has 1 N–H and O–H groups in total. The number of hydrogen-bond acceptors (Lipinski definition) is 5. The topological polar surface area (TPSA) is 96.0 Å².